The van der Waals surface area contributed by atoms with Crippen molar-refractivity contribution in [3.8, 4) is 0 Å². The number of likely N-dealkylation sites (N-methyl/N-ethyl adjacent to an activating group) is 3. The van der Waals surface area contributed by atoms with Gasteiger partial charge in [-0.2, -0.15) is 10.2 Å². The predicted octanol–water partition coefficient (Wildman–Crippen LogP) is 5.84. The van der Waals surface area contributed by atoms with Crippen LogP contribution < -0.4 is 26.8 Å². The third kappa shape index (κ3) is 16.5. The van der Waals surface area contributed by atoms with Gasteiger partial charge in [0.2, 0.25) is 5.91 Å². The Morgan fingerprint density at radius 3 is 1.37 bits per heavy atom. The van der Waals surface area contributed by atoms with Gasteiger partial charge >= 0.3 is 12.1 Å². The molecule has 0 radical (unpaired) electrons. The number of piperazine rings is 3. The van der Waals surface area contributed by atoms with Crippen LogP contribution >= 0.6 is 0 Å². The number of rotatable bonds is 8. The van der Waals surface area contributed by atoms with E-state index in [0.717, 1.165) is 70.2 Å². The van der Waals surface area contributed by atoms with E-state index in [9.17, 15) is 33.6 Å². The Morgan fingerprint density at radius 2 is 0.978 bits per heavy atom. The fraction of sp³-hybridized carbons (Fsp3) is 0.406. The zero-order chi connectivity index (χ0) is 63.7. The minimum Gasteiger partial charge on any atom is -0.481 e. The molecule has 4 atom stereocenters. The number of carboxylic acids is 2. The lowest BCUT2D eigenvalue weighted by atomic mass is 10.0. The number of carbonyl (C=O) groups excluding carboxylic acids is 6. The summed E-state index contributed by atoms with van der Waals surface area (Å²) < 4.78 is 5.30. The summed E-state index contributed by atoms with van der Waals surface area (Å²) in [5.41, 5.74) is 11.3. The predicted molar refractivity (Wildman–Crippen MR) is 338 cm³/mol. The van der Waals surface area contributed by atoms with E-state index in [4.69, 9.17) is 19.7 Å². The highest BCUT2D eigenvalue weighted by Gasteiger charge is 2.45. The summed E-state index contributed by atoms with van der Waals surface area (Å²) in [4.78, 5) is 113. The van der Waals surface area contributed by atoms with Crippen LogP contribution in [0.4, 0.5) is 16.2 Å². The molecule has 2 saturated carbocycles. The first kappa shape index (κ1) is 64.2. The van der Waals surface area contributed by atoms with Crippen LogP contribution in [-0.2, 0) is 19.1 Å². The molecule has 7 aliphatic rings. The van der Waals surface area contributed by atoms with Gasteiger partial charge in [0, 0.05) is 136 Å². The van der Waals surface area contributed by atoms with Crippen LogP contribution in [0.25, 0.3) is 21.8 Å². The summed E-state index contributed by atoms with van der Waals surface area (Å²) in [6.45, 7) is 16.8. The van der Waals surface area contributed by atoms with Crippen molar-refractivity contribution in [1.82, 2.24) is 50.6 Å². The molecule has 470 valence electrons. The molecule has 2 aliphatic carbocycles. The van der Waals surface area contributed by atoms with Crippen LogP contribution in [0.15, 0.2) is 95.1 Å². The lowest BCUT2D eigenvalue weighted by Crippen LogP contribution is -2.47. The van der Waals surface area contributed by atoms with Crippen molar-refractivity contribution in [3.05, 3.63) is 130 Å². The number of aliphatic carboxylic acids is 2. The second-order valence-electron chi connectivity index (χ2n) is 24.1. The number of anilines is 2. The highest BCUT2D eigenvalue weighted by Crippen LogP contribution is 2.48. The van der Waals surface area contributed by atoms with Crippen LogP contribution in [0.1, 0.15) is 116 Å². The number of amides is 6. The van der Waals surface area contributed by atoms with Crippen molar-refractivity contribution in [1.29, 1.82) is 0 Å². The zero-order valence-corrected chi connectivity index (χ0v) is 51.1. The van der Waals surface area contributed by atoms with Crippen molar-refractivity contribution in [2.24, 2.45) is 22.0 Å². The lowest BCUT2D eigenvalue weighted by molar-refractivity contribution is -0.138. The average molecular weight is 1220 g/mol. The van der Waals surface area contributed by atoms with Gasteiger partial charge in [0.25, 0.3) is 29.6 Å². The Balaban J connectivity index is 0.000000157. The molecule has 2 aromatic heterocycles. The summed E-state index contributed by atoms with van der Waals surface area (Å²) in [5.74, 6) is -2.40. The van der Waals surface area contributed by atoms with Crippen molar-refractivity contribution >= 4 is 93.2 Å². The van der Waals surface area contributed by atoms with Crippen LogP contribution in [-0.4, -0.2) is 210 Å². The Morgan fingerprint density at radius 1 is 0.573 bits per heavy atom. The molecular formula is C64H78N14O11. The van der Waals surface area contributed by atoms with E-state index in [1.165, 1.54) is 25.5 Å². The second-order valence-corrected chi connectivity index (χ2v) is 24.1. The number of ether oxygens (including phenoxy) is 1. The smallest absolute Gasteiger partial charge is 0.412 e. The summed E-state index contributed by atoms with van der Waals surface area (Å²) in [6, 6.07) is 26.5. The number of nitrogens with zero attached hydrogens (tertiary/aromatic N) is 7. The first-order valence-electron chi connectivity index (χ1n) is 29.8. The molecule has 6 aromatic rings. The zero-order valence-electron chi connectivity index (χ0n) is 51.1. The molecule has 5 fully saturated rings. The van der Waals surface area contributed by atoms with Crippen LogP contribution in [0, 0.1) is 11.8 Å². The molecule has 3 saturated heterocycles. The molecule has 0 unspecified atom stereocenters. The van der Waals surface area contributed by atoms with Gasteiger partial charge in [-0.15, -0.1) is 0 Å². The maximum atomic E-state index is 13.4. The molecule has 4 aromatic carbocycles. The summed E-state index contributed by atoms with van der Waals surface area (Å²) >= 11 is 0. The standard InChI is InChI=1S/C26H26N6O3.C21H26N6O4.C10H10O2.C5H12N2.C2H4O2/c1-31-7-9-32(10-8-31)26(35)23-20-14-27-30-25(34)19-11-16(12-21(29-23)22(19)20)28-24(33)18-13-17(18)15-5-3-2-4-6-15;1-21(2,3)31-20(30)23-12-9-13-16-14(11-22-25-18(13)28)17(24-15(16)10-12)19(29)27-7-5-26(4)6-8-27;11-10(12)9-6-8(9)7-4-2-1-3-5-7;1-7-4-2-6-3-5-7;1-2(3)4/h2-6,11-12,14,17-18,29H,7-10,13H2,1H3,(H,28,33)(H,30,34);9-11,24H,5-8H2,1-4H3,(H,23,30)(H,25,28);1-5,8-9H,6H2,(H,11,12);6H,2-5H2,1H3;1H3,(H,3,4)/t17-,18+;;8-,9+;;/m0.0../s1. The van der Waals surface area contributed by atoms with Crippen molar-refractivity contribution in [2.75, 3.05) is 110 Å². The number of carbonyl (C=O) groups is 8. The van der Waals surface area contributed by atoms with E-state index in [0.29, 0.717) is 93.0 Å². The number of aromatic nitrogens is 2. The largest absolute Gasteiger partial charge is 0.481 e. The number of aromatic amines is 2. The van der Waals surface area contributed by atoms with Gasteiger partial charge in [0.05, 0.1) is 29.5 Å². The van der Waals surface area contributed by atoms with E-state index in [1.807, 2.05) is 79.7 Å². The minimum absolute atomic E-state index is 0.0730. The number of H-pyrrole nitrogens is 2. The molecular weight excluding hydrogens is 1140 g/mol. The quantitative estimate of drug-likeness (QED) is 0.0864. The Labute approximate surface area is 515 Å². The summed E-state index contributed by atoms with van der Waals surface area (Å²) in [7, 11) is 6.21. The van der Waals surface area contributed by atoms with Crippen molar-refractivity contribution < 1.29 is 53.3 Å². The number of benzene rings is 4. The third-order valence-corrected chi connectivity index (χ3v) is 16.0. The number of carboxylic acid groups (broad SMARTS) is 2. The highest BCUT2D eigenvalue weighted by molar-refractivity contribution is 6.21. The Kier molecular flexibility index (Phi) is 20.4. The van der Waals surface area contributed by atoms with Gasteiger partial charge in [0.15, 0.2) is 0 Å². The molecule has 0 bridgehead atoms. The van der Waals surface area contributed by atoms with E-state index in [1.54, 1.807) is 49.9 Å². The number of hydrogen-bond donors (Lipinski definition) is 9. The molecule has 25 heteroatoms. The Hall–Kier alpha value is -9.30. The first-order valence-corrected chi connectivity index (χ1v) is 29.8. The number of nitrogens with one attached hydrogen (secondary N) is 7. The fourth-order valence-electron chi connectivity index (χ4n) is 11.1. The van der Waals surface area contributed by atoms with E-state index in [-0.39, 0.29) is 47.3 Å². The highest BCUT2D eigenvalue weighted by atomic mass is 16.6. The van der Waals surface area contributed by atoms with Crippen LogP contribution in [0.3, 0.4) is 0 Å². The molecule has 5 aliphatic heterocycles. The Bertz CT molecular complexity index is 3660. The molecule has 89 heavy (non-hydrogen) atoms. The minimum atomic E-state index is -0.833. The molecule has 0 spiro atoms. The van der Waals surface area contributed by atoms with Gasteiger partial charge < -0.3 is 60.1 Å². The summed E-state index contributed by atoms with van der Waals surface area (Å²) in [5, 5.41) is 34.2. The first-order chi connectivity index (χ1) is 42.5. The van der Waals surface area contributed by atoms with Crippen LogP contribution in [0.2, 0.25) is 0 Å². The second kappa shape index (κ2) is 28.2. The van der Waals surface area contributed by atoms with E-state index in [2.05, 4.69) is 68.7 Å². The molecule has 6 amide bonds. The third-order valence-electron chi connectivity index (χ3n) is 16.0. The van der Waals surface area contributed by atoms with Crippen molar-refractivity contribution in [3.63, 3.8) is 0 Å². The monoisotopic (exact) mass is 1220 g/mol. The maximum absolute atomic E-state index is 13.4. The average Bonchev–Trinajstić information content (AvgIpc) is 1.82. The SMILES string of the molecule is CC(=O)O.CN1CCN(C(=O)c2[nH]c3cc(NC(=O)OC(C)(C)C)cc4c3c2C=NNC4=O)CC1.CN1CCN(C(=O)c2[nH]c3cc(NC(=O)[C@@H]4C[C@H]4c4ccccc4)cc4c3c2C=NNC4=O)CC1.CN1CCNCC1.O=C(O)[C@@H]1C[C@H]1c1ccccc1. The topological polar surface area (TPSA) is 319 Å². The normalized spacial score (nSPS) is 20.2. The molecule has 7 heterocycles. The van der Waals surface area contributed by atoms with Gasteiger partial charge in [-0.05, 0) is 102 Å². The van der Waals surface area contributed by atoms with Crippen LogP contribution in [0.5, 0.6) is 0 Å². The summed E-state index contributed by atoms with van der Waals surface area (Å²) in [6.07, 6.45) is 3.97. The fourth-order valence-corrected chi connectivity index (χ4v) is 11.1. The van der Waals surface area contributed by atoms with Crippen molar-refractivity contribution in [2.45, 2.75) is 58.0 Å². The lowest BCUT2D eigenvalue weighted by Gasteiger charge is -2.32. The van der Waals surface area contributed by atoms with E-state index < -0.39 is 29.5 Å². The number of hydrogen-bond acceptors (Lipinski definition) is 15. The molecule has 25 nitrogen and oxygen atoms in total. The van der Waals surface area contributed by atoms with Gasteiger partial charge in [-0.1, -0.05) is 60.7 Å². The molecule has 13 rings (SSSR count). The maximum Gasteiger partial charge on any atom is 0.412 e. The van der Waals surface area contributed by atoms with Gasteiger partial charge in [-0.3, -0.25) is 38.9 Å². The molecule has 9 N–H and O–H groups in total. The van der Waals surface area contributed by atoms with E-state index >= 15 is 0 Å². The number of hydrazone groups is 2. The van der Waals surface area contributed by atoms with Gasteiger partial charge in [0.1, 0.15) is 17.0 Å². The van der Waals surface area contributed by atoms with Gasteiger partial charge in [-0.25, -0.2) is 15.6 Å².